The van der Waals surface area contributed by atoms with Crippen LogP contribution >= 0.6 is 0 Å². The standard InChI is InChI=1S/C14H10F3NO3/c1-7(13(18)20)4-8-2-3-9-10(14(15,16)17)6-12(19)21-11(9)5-8/h2-3,5-6H,1,4H2,(H2,18,20). The van der Waals surface area contributed by atoms with Crippen molar-refractivity contribution in [2.24, 2.45) is 5.73 Å². The Kier molecular flexibility index (Phi) is 3.59. The number of carbonyl (C=O) groups excluding carboxylic acids is 1. The SMILES string of the molecule is C=C(Cc1ccc2c(C(F)(F)F)cc(=O)oc2c1)C(N)=O. The molecule has 1 heterocycles. The van der Waals surface area contributed by atoms with Gasteiger partial charge in [0, 0.05) is 23.4 Å². The van der Waals surface area contributed by atoms with E-state index in [0.717, 1.165) is 0 Å². The van der Waals surface area contributed by atoms with Crippen molar-refractivity contribution in [2.45, 2.75) is 12.6 Å². The Balaban J connectivity index is 2.57. The summed E-state index contributed by atoms with van der Waals surface area (Å²) in [6.07, 6.45) is -4.60. The molecule has 110 valence electrons. The van der Waals surface area contributed by atoms with Gasteiger partial charge in [-0.3, -0.25) is 4.79 Å². The monoisotopic (exact) mass is 297 g/mol. The lowest BCUT2D eigenvalue weighted by molar-refractivity contribution is -0.136. The van der Waals surface area contributed by atoms with Gasteiger partial charge in [-0.25, -0.2) is 4.79 Å². The van der Waals surface area contributed by atoms with E-state index < -0.39 is 23.3 Å². The van der Waals surface area contributed by atoms with Crippen molar-refractivity contribution in [3.63, 3.8) is 0 Å². The summed E-state index contributed by atoms with van der Waals surface area (Å²) in [5, 5.41) is -0.226. The van der Waals surface area contributed by atoms with Crippen molar-refractivity contribution in [1.29, 1.82) is 0 Å². The predicted molar refractivity (Wildman–Crippen MR) is 69.5 cm³/mol. The zero-order valence-electron chi connectivity index (χ0n) is 10.7. The smallest absolute Gasteiger partial charge is 0.417 e. The zero-order chi connectivity index (χ0) is 15.8. The Morgan fingerprint density at radius 3 is 2.52 bits per heavy atom. The van der Waals surface area contributed by atoms with Gasteiger partial charge >= 0.3 is 11.8 Å². The molecule has 0 radical (unpaired) electrons. The van der Waals surface area contributed by atoms with Crippen molar-refractivity contribution in [3.05, 3.63) is 58.0 Å². The summed E-state index contributed by atoms with van der Waals surface area (Å²) in [4.78, 5) is 22.1. The number of alkyl halides is 3. The maximum absolute atomic E-state index is 12.9. The summed E-state index contributed by atoms with van der Waals surface area (Å²) >= 11 is 0. The molecule has 1 aromatic carbocycles. The molecule has 0 aliphatic carbocycles. The molecule has 2 N–H and O–H groups in total. The van der Waals surface area contributed by atoms with E-state index in [1.165, 1.54) is 18.2 Å². The van der Waals surface area contributed by atoms with Crippen LogP contribution in [-0.2, 0) is 17.4 Å². The van der Waals surface area contributed by atoms with Crippen molar-refractivity contribution >= 4 is 16.9 Å². The lowest BCUT2D eigenvalue weighted by Crippen LogP contribution is -2.14. The molecule has 0 spiro atoms. The van der Waals surface area contributed by atoms with Crippen LogP contribution in [0.3, 0.4) is 0 Å². The molecule has 21 heavy (non-hydrogen) atoms. The molecule has 0 aliphatic heterocycles. The van der Waals surface area contributed by atoms with E-state index in [-0.39, 0.29) is 23.0 Å². The molecule has 0 atom stereocenters. The van der Waals surface area contributed by atoms with Crippen LogP contribution in [0.4, 0.5) is 13.2 Å². The maximum Gasteiger partial charge on any atom is 0.417 e. The van der Waals surface area contributed by atoms with Crippen LogP contribution in [0.1, 0.15) is 11.1 Å². The molecule has 0 fully saturated rings. The van der Waals surface area contributed by atoms with E-state index >= 15 is 0 Å². The van der Waals surface area contributed by atoms with E-state index in [1.54, 1.807) is 0 Å². The molecule has 1 aromatic heterocycles. The van der Waals surface area contributed by atoms with E-state index in [1.807, 2.05) is 0 Å². The number of amides is 1. The highest BCUT2D eigenvalue weighted by Gasteiger charge is 2.33. The average Bonchev–Trinajstić information content (AvgIpc) is 2.36. The number of primary amides is 1. The highest BCUT2D eigenvalue weighted by atomic mass is 19.4. The number of hydrogen-bond donors (Lipinski definition) is 1. The van der Waals surface area contributed by atoms with Crippen LogP contribution in [0.5, 0.6) is 0 Å². The fourth-order valence-electron chi connectivity index (χ4n) is 1.89. The number of fused-ring (bicyclic) bond motifs is 1. The van der Waals surface area contributed by atoms with Gasteiger partial charge in [0.1, 0.15) is 5.58 Å². The van der Waals surface area contributed by atoms with Gasteiger partial charge in [-0.05, 0) is 11.6 Å². The van der Waals surface area contributed by atoms with Crippen LogP contribution in [0.15, 0.2) is 45.6 Å². The fraction of sp³-hybridized carbons (Fsp3) is 0.143. The van der Waals surface area contributed by atoms with Crippen LogP contribution in [0, 0.1) is 0 Å². The minimum atomic E-state index is -4.66. The van der Waals surface area contributed by atoms with Crippen LogP contribution in [-0.4, -0.2) is 5.91 Å². The molecule has 0 unspecified atom stereocenters. The molecule has 2 aromatic rings. The molecule has 4 nitrogen and oxygen atoms in total. The highest BCUT2D eigenvalue weighted by molar-refractivity contribution is 5.92. The number of hydrogen-bond acceptors (Lipinski definition) is 3. The molecule has 0 bridgehead atoms. The number of carbonyl (C=O) groups is 1. The van der Waals surface area contributed by atoms with Gasteiger partial charge in [0.05, 0.1) is 5.56 Å². The third kappa shape index (κ3) is 3.13. The van der Waals surface area contributed by atoms with Gasteiger partial charge in [-0.15, -0.1) is 0 Å². The number of rotatable bonds is 3. The van der Waals surface area contributed by atoms with Crippen LogP contribution in [0.25, 0.3) is 11.0 Å². The Morgan fingerprint density at radius 2 is 1.95 bits per heavy atom. The number of halogens is 3. The Morgan fingerprint density at radius 1 is 1.29 bits per heavy atom. The molecule has 0 aliphatic rings. The zero-order valence-corrected chi connectivity index (χ0v) is 10.7. The minimum Gasteiger partial charge on any atom is -0.423 e. The minimum absolute atomic E-state index is 0.0607. The summed E-state index contributed by atoms with van der Waals surface area (Å²) < 4.78 is 43.4. The lowest BCUT2D eigenvalue weighted by Gasteiger charge is -2.10. The quantitative estimate of drug-likeness (QED) is 0.698. The van der Waals surface area contributed by atoms with E-state index in [9.17, 15) is 22.8 Å². The van der Waals surface area contributed by atoms with Crippen molar-refractivity contribution in [3.8, 4) is 0 Å². The largest absolute Gasteiger partial charge is 0.423 e. The van der Waals surface area contributed by atoms with Gasteiger partial charge in [-0.1, -0.05) is 18.7 Å². The van der Waals surface area contributed by atoms with E-state index in [4.69, 9.17) is 10.2 Å². The average molecular weight is 297 g/mol. The first-order valence-corrected chi connectivity index (χ1v) is 5.80. The second-order valence-electron chi connectivity index (χ2n) is 4.45. The highest BCUT2D eigenvalue weighted by Crippen LogP contribution is 2.34. The summed E-state index contributed by atoms with van der Waals surface area (Å²) in [6.45, 7) is 3.46. The first-order chi connectivity index (χ1) is 9.68. The van der Waals surface area contributed by atoms with Gasteiger partial charge < -0.3 is 10.2 Å². The van der Waals surface area contributed by atoms with Crippen LogP contribution < -0.4 is 11.4 Å². The van der Waals surface area contributed by atoms with Crippen molar-refractivity contribution in [1.82, 2.24) is 0 Å². The molecular formula is C14H10F3NO3. The van der Waals surface area contributed by atoms with E-state index in [2.05, 4.69) is 6.58 Å². The van der Waals surface area contributed by atoms with Crippen molar-refractivity contribution < 1.29 is 22.4 Å². The molecule has 0 saturated carbocycles. The molecule has 2 rings (SSSR count). The second kappa shape index (κ2) is 5.08. The molecular weight excluding hydrogens is 287 g/mol. The molecule has 7 heteroatoms. The topological polar surface area (TPSA) is 73.3 Å². The van der Waals surface area contributed by atoms with E-state index in [0.29, 0.717) is 11.6 Å². The number of nitrogens with two attached hydrogens (primary N) is 1. The van der Waals surface area contributed by atoms with Crippen LogP contribution in [0.2, 0.25) is 0 Å². The molecule has 0 saturated heterocycles. The maximum atomic E-state index is 12.9. The van der Waals surface area contributed by atoms with Gasteiger partial charge in [0.25, 0.3) is 0 Å². The van der Waals surface area contributed by atoms with Crippen molar-refractivity contribution in [2.75, 3.05) is 0 Å². The first-order valence-electron chi connectivity index (χ1n) is 5.80. The fourth-order valence-corrected chi connectivity index (χ4v) is 1.89. The Labute approximate surface area is 116 Å². The first kappa shape index (κ1) is 14.8. The predicted octanol–water partition coefficient (Wildman–Crippen LogP) is 2.40. The summed E-state index contributed by atoms with van der Waals surface area (Å²) in [6, 6.07) is 4.25. The second-order valence-corrected chi connectivity index (χ2v) is 4.45. The normalized spacial score (nSPS) is 11.6. The van der Waals surface area contributed by atoms with Gasteiger partial charge in [0.2, 0.25) is 5.91 Å². The summed E-state index contributed by atoms with van der Waals surface area (Å²) in [5.41, 5.74) is 3.25. The molecule has 1 amide bonds. The lowest BCUT2D eigenvalue weighted by atomic mass is 10.0. The summed E-state index contributed by atoms with van der Waals surface area (Å²) in [7, 11) is 0. The Bertz CT molecular complexity index is 790. The third-order valence-corrected chi connectivity index (χ3v) is 2.88. The third-order valence-electron chi connectivity index (χ3n) is 2.88. The van der Waals surface area contributed by atoms with Gasteiger partial charge in [-0.2, -0.15) is 13.2 Å². The Hall–Kier alpha value is -2.57. The summed E-state index contributed by atoms with van der Waals surface area (Å²) in [5.74, 6) is -0.708. The van der Waals surface area contributed by atoms with Gasteiger partial charge in [0.15, 0.2) is 0 Å². The number of benzene rings is 1.